The van der Waals surface area contributed by atoms with Crippen LogP contribution in [0.15, 0.2) is 48.8 Å². The number of aryl methyl sites for hydroxylation is 1. The van der Waals surface area contributed by atoms with E-state index in [1.54, 1.807) is 13.3 Å². The molecule has 1 saturated heterocycles. The summed E-state index contributed by atoms with van der Waals surface area (Å²) in [7, 11) is 1.67. The van der Waals surface area contributed by atoms with Crippen molar-refractivity contribution in [3.8, 4) is 5.75 Å². The first-order valence-corrected chi connectivity index (χ1v) is 11.2. The Morgan fingerprint density at radius 2 is 2.06 bits per heavy atom. The van der Waals surface area contributed by atoms with Crippen LogP contribution in [-0.4, -0.2) is 34.2 Å². The van der Waals surface area contributed by atoms with Crippen LogP contribution in [-0.2, 0) is 29.1 Å². The highest BCUT2D eigenvalue weighted by atomic mass is 16.5. The van der Waals surface area contributed by atoms with Crippen molar-refractivity contribution in [2.45, 2.75) is 57.7 Å². The number of hydrogen-bond donors (Lipinski definition) is 2. The Morgan fingerprint density at radius 1 is 1.25 bits per heavy atom. The number of methoxy groups -OCH3 is 1. The molecule has 2 heterocycles. The number of aromatic nitrogens is 2. The highest BCUT2D eigenvalue weighted by Gasteiger charge is 2.38. The Bertz CT molecular complexity index is 1120. The zero-order chi connectivity index (χ0) is 22.6. The SMILES string of the molecule is CCn1cc(CNC(=O)CCC2(Cc3ccc(OC)c4ccccc34)CCC(=O)N2)cn1. The number of amides is 2. The summed E-state index contributed by atoms with van der Waals surface area (Å²) in [6.45, 7) is 3.29. The van der Waals surface area contributed by atoms with Gasteiger partial charge in [0.2, 0.25) is 11.8 Å². The molecule has 1 aliphatic heterocycles. The van der Waals surface area contributed by atoms with E-state index in [4.69, 9.17) is 4.74 Å². The van der Waals surface area contributed by atoms with Crippen molar-refractivity contribution in [3.63, 3.8) is 0 Å². The fraction of sp³-hybridized carbons (Fsp3) is 0.400. The molecule has 2 N–H and O–H groups in total. The minimum atomic E-state index is -0.418. The molecule has 2 aromatic carbocycles. The van der Waals surface area contributed by atoms with Gasteiger partial charge in [-0.3, -0.25) is 14.3 Å². The van der Waals surface area contributed by atoms with E-state index >= 15 is 0 Å². The van der Waals surface area contributed by atoms with Crippen molar-refractivity contribution in [2.24, 2.45) is 0 Å². The molecule has 1 atom stereocenters. The molecule has 1 fully saturated rings. The number of nitrogens with one attached hydrogen (secondary N) is 2. The van der Waals surface area contributed by atoms with Crippen LogP contribution in [0, 0.1) is 0 Å². The average Bonchev–Trinajstić information content (AvgIpc) is 3.43. The highest BCUT2D eigenvalue weighted by Crippen LogP contribution is 2.34. The Kier molecular flexibility index (Phi) is 6.44. The molecule has 0 bridgehead atoms. The summed E-state index contributed by atoms with van der Waals surface area (Å²) in [5, 5.41) is 12.6. The van der Waals surface area contributed by atoms with Crippen LogP contribution in [0.25, 0.3) is 10.8 Å². The van der Waals surface area contributed by atoms with Crippen molar-refractivity contribution in [3.05, 3.63) is 59.9 Å². The number of fused-ring (bicyclic) bond motifs is 1. The maximum absolute atomic E-state index is 12.6. The Balaban J connectivity index is 1.46. The lowest BCUT2D eigenvalue weighted by molar-refractivity contribution is -0.122. The number of ether oxygens (including phenoxy) is 1. The highest BCUT2D eigenvalue weighted by molar-refractivity contribution is 5.91. The van der Waals surface area contributed by atoms with E-state index in [9.17, 15) is 9.59 Å². The van der Waals surface area contributed by atoms with Gasteiger partial charge in [-0.05, 0) is 43.2 Å². The molecule has 7 nitrogen and oxygen atoms in total. The second kappa shape index (κ2) is 9.42. The van der Waals surface area contributed by atoms with Crippen molar-refractivity contribution in [1.29, 1.82) is 0 Å². The number of rotatable bonds is 9. The maximum atomic E-state index is 12.6. The van der Waals surface area contributed by atoms with Gasteiger partial charge in [-0.15, -0.1) is 0 Å². The van der Waals surface area contributed by atoms with E-state index in [2.05, 4.69) is 27.9 Å². The van der Waals surface area contributed by atoms with E-state index in [-0.39, 0.29) is 11.8 Å². The fourth-order valence-corrected chi connectivity index (χ4v) is 4.53. The van der Waals surface area contributed by atoms with Crippen LogP contribution in [0.5, 0.6) is 5.75 Å². The molecule has 0 spiro atoms. The molecule has 1 aliphatic rings. The van der Waals surface area contributed by atoms with Gasteiger partial charge in [-0.2, -0.15) is 5.10 Å². The van der Waals surface area contributed by atoms with Crippen molar-refractivity contribution < 1.29 is 14.3 Å². The Labute approximate surface area is 188 Å². The van der Waals surface area contributed by atoms with Gasteiger partial charge in [0, 0.05) is 48.6 Å². The molecule has 1 unspecified atom stereocenters. The molecule has 0 aliphatic carbocycles. The molecule has 168 valence electrons. The summed E-state index contributed by atoms with van der Waals surface area (Å²) in [5.41, 5.74) is 1.71. The third-order valence-electron chi connectivity index (χ3n) is 6.29. The van der Waals surface area contributed by atoms with Gasteiger partial charge in [0.05, 0.1) is 13.3 Å². The maximum Gasteiger partial charge on any atom is 0.220 e. The summed E-state index contributed by atoms with van der Waals surface area (Å²) in [4.78, 5) is 24.7. The topological polar surface area (TPSA) is 85.2 Å². The third-order valence-corrected chi connectivity index (χ3v) is 6.29. The summed E-state index contributed by atoms with van der Waals surface area (Å²) < 4.78 is 7.35. The monoisotopic (exact) mass is 434 g/mol. The van der Waals surface area contributed by atoms with E-state index < -0.39 is 5.54 Å². The van der Waals surface area contributed by atoms with Gasteiger partial charge in [0.25, 0.3) is 0 Å². The molecule has 0 saturated carbocycles. The minimum Gasteiger partial charge on any atom is -0.496 e. The number of nitrogens with zero attached hydrogens (tertiary/aromatic N) is 2. The van der Waals surface area contributed by atoms with Crippen LogP contribution in [0.1, 0.15) is 43.7 Å². The van der Waals surface area contributed by atoms with Gasteiger partial charge >= 0.3 is 0 Å². The van der Waals surface area contributed by atoms with Gasteiger partial charge in [-0.1, -0.05) is 30.3 Å². The molecule has 0 radical (unpaired) electrons. The number of benzene rings is 2. The third kappa shape index (κ3) is 4.77. The zero-order valence-corrected chi connectivity index (χ0v) is 18.7. The van der Waals surface area contributed by atoms with Gasteiger partial charge in [0.1, 0.15) is 5.75 Å². The molecule has 7 heteroatoms. The number of carbonyl (C=O) groups excluding carboxylic acids is 2. The molecule has 3 aromatic rings. The van der Waals surface area contributed by atoms with E-state index in [0.717, 1.165) is 40.6 Å². The van der Waals surface area contributed by atoms with E-state index in [1.165, 1.54) is 0 Å². The standard InChI is InChI=1S/C25H30N4O3/c1-3-29-17-18(16-27-29)15-26-23(30)10-12-25(13-11-24(31)28-25)14-19-8-9-22(32-2)21-7-5-4-6-20(19)21/h4-9,16-17H,3,10-15H2,1-2H3,(H,26,30)(H,28,31). The van der Waals surface area contributed by atoms with Crippen molar-refractivity contribution >= 4 is 22.6 Å². The smallest absolute Gasteiger partial charge is 0.220 e. The predicted molar refractivity (Wildman–Crippen MR) is 123 cm³/mol. The van der Waals surface area contributed by atoms with Crippen LogP contribution in [0.3, 0.4) is 0 Å². The fourth-order valence-electron chi connectivity index (χ4n) is 4.53. The first kappa shape index (κ1) is 21.9. The largest absolute Gasteiger partial charge is 0.496 e. The molecule has 1 aromatic heterocycles. The van der Waals surface area contributed by atoms with Gasteiger partial charge in [0.15, 0.2) is 0 Å². The van der Waals surface area contributed by atoms with Crippen molar-refractivity contribution in [2.75, 3.05) is 7.11 Å². The summed E-state index contributed by atoms with van der Waals surface area (Å²) >= 11 is 0. The summed E-state index contributed by atoms with van der Waals surface area (Å²) in [6, 6.07) is 12.2. The van der Waals surface area contributed by atoms with Gasteiger partial charge < -0.3 is 15.4 Å². The lowest BCUT2D eigenvalue weighted by Crippen LogP contribution is -2.44. The Hall–Kier alpha value is -3.35. The second-order valence-electron chi connectivity index (χ2n) is 8.46. The normalized spacial score (nSPS) is 18.0. The quantitative estimate of drug-likeness (QED) is 0.541. The summed E-state index contributed by atoms with van der Waals surface area (Å²) in [6.07, 6.45) is 6.56. The molecular formula is C25H30N4O3. The lowest BCUT2D eigenvalue weighted by Gasteiger charge is -2.30. The second-order valence-corrected chi connectivity index (χ2v) is 8.46. The van der Waals surface area contributed by atoms with Crippen LogP contribution < -0.4 is 15.4 Å². The first-order chi connectivity index (χ1) is 15.5. The molecule has 4 rings (SSSR count). The first-order valence-electron chi connectivity index (χ1n) is 11.2. The summed E-state index contributed by atoms with van der Waals surface area (Å²) in [5.74, 6) is 0.865. The zero-order valence-electron chi connectivity index (χ0n) is 18.7. The Morgan fingerprint density at radius 3 is 2.75 bits per heavy atom. The average molecular weight is 435 g/mol. The number of hydrogen-bond acceptors (Lipinski definition) is 4. The predicted octanol–water partition coefficient (Wildman–Crippen LogP) is 3.35. The van der Waals surface area contributed by atoms with Crippen molar-refractivity contribution in [1.82, 2.24) is 20.4 Å². The van der Waals surface area contributed by atoms with Crippen LogP contribution >= 0.6 is 0 Å². The molecule has 2 amide bonds. The van der Waals surface area contributed by atoms with Crippen LogP contribution in [0.2, 0.25) is 0 Å². The lowest BCUT2D eigenvalue weighted by atomic mass is 9.83. The minimum absolute atomic E-state index is 0.0191. The van der Waals surface area contributed by atoms with Crippen LogP contribution in [0.4, 0.5) is 0 Å². The van der Waals surface area contributed by atoms with Gasteiger partial charge in [-0.25, -0.2) is 0 Å². The molecule has 32 heavy (non-hydrogen) atoms. The number of carbonyl (C=O) groups is 2. The van der Waals surface area contributed by atoms with E-state index in [1.807, 2.05) is 42.1 Å². The van der Waals surface area contributed by atoms with E-state index in [0.29, 0.717) is 32.2 Å². The molecular weight excluding hydrogens is 404 g/mol.